The molecule has 4 heteroatoms. The van der Waals surface area contributed by atoms with Crippen molar-refractivity contribution in [2.24, 2.45) is 0 Å². The van der Waals surface area contributed by atoms with Crippen LogP contribution in [0.3, 0.4) is 0 Å². The van der Waals surface area contributed by atoms with Crippen LogP contribution in [-0.4, -0.2) is 11.1 Å². The lowest BCUT2D eigenvalue weighted by Crippen LogP contribution is -2.18. The summed E-state index contributed by atoms with van der Waals surface area (Å²) in [6.45, 7) is 5.03. The van der Waals surface area contributed by atoms with Crippen molar-refractivity contribution in [1.29, 1.82) is 0 Å². The maximum absolute atomic E-state index is 10.7. The number of benzene rings is 1. The van der Waals surface area contributed by atoms with Crippen LogP contribution in [0.4, 0.5) is 0 Å². The minimum atomic E-state index is -0.778. The Kier molecular flexibility index (Phi) is 4.93. The van der Waals surface area contributed by atoms with E-state index >= 15 is 0 Å². The first-order chi connectivity index (χ1) is 9.56. The summed E-state index contributed by atoms with van der Waals surface area (Å²) >= 11 is 1.56. The highest BCUT2D eigenvalue weighted by Crippen LogP contribution is 2.20. The van der Waals surface area contributed by atoms with Crippen molar-refractivity contribution in [3.63, 3.8) is 0 Å². The molecule has 0 fully saturated rings. The molecule has 0 saturated heterocycles. The molecule has 1 aromatic heterocycles. The third-order valence-electron chi connectivity index (χ3n) is 3.28. The van der Waals surface area contributed by atoms with Crippen LogP contribution in [0.25, 0.3) is 0 Å². The van der Waals surface area contributed by atoms with Gasteiger partial charge in [0.2, 0.25) is 0 Å². The second-order valence-corrected chi connectivity index (χ2v) is 6.15. The van der Waals surface area contributed by atoms with E-state index in [1.807, 2.05) is 18.2 Å². The van der Waals surface area contributed by atoms with Crippen LogP contribution in [0.1, 0.15) is 33.8 Å². The highest BCUT2D eigenvalue weighted by molar-refractivity contribution is 7.12. The van der Waals surface area contributed by atoms with Gasteiger partial charge in [-0.2, -0.15) is 0 Å². The lowest BCUT2D eigenvalue weighted by Gasteiger charge is -2.15. The third-order valence-corrected chi connectivity index (χ3v) is 4.37. The molecule has 1 unspecified atom stereocenters. The molecular formula is C16H19NO2S. The summed E-state index contributed by atoms with van der Waals surface area (Å²) in [5.41, 5.74) is 2.58. The molecule has 3 nitrogen and oxygen atoms in total. The quantitative estimate of drug-likeness (QED) is 0.855. The van der Waals surface area contributed by atoms with Crippen LogP contribution in [0.2, 0.25) is 0 Å². The van der Waals surface area contributed by atoms with Gasteiger partial charge in [0.25, 0.3) is 0 Å². The first-order valence-electron chi connectivity index (χ1n) is 6.64. The van der Waals surface area contributed by atoms with Gasteiger partial charge >= 0.3 is 5.97 Å². The number of aryl methyl sites for hydroxylation is 1. The minimum absolute atomic E-state index is 0.109. The Hall–Kier alpha value is -1.65. The predicted molar refractivity (Wildman–Crippen MR) is 82.1 cm³/mol. The zero-order valence-electron chi connectivity index (χ0n) is 11.7. The Labute approximate surface area is 123 Å². The molecule has 20 heavy (non-hydrogen) atoms. The van der Waals surface area contributed by atoms with Crippen molar-refractivity contribution in [2.75, 3.05) is 0 Å². The van der Waals surface area contributed by atoms with Crippen LogP contribution < -0.4 is 5.32 Å². The van der Waals surface area contributed by atoms with Gasteiger partial charge in [0, 0.05) is 22.3 Å². The highest BCUT2D eigenvalue weighted by Gasteiger charge is 2.09. The molecule has 0 spiro atoms. The SMILES string of the molecule is Cc1ccccc1C(C)NCc1ccc(CC(=O)O)s1. The van der Waals surface area contributed by atoms with Crippen LogP contribution in [0, 0.1) is 6.92 Å². The second-order valence-electron chi connectivity index (χ2n) is 4.90. The number of carboxylic acids is 1. The van der Waals surface area contributed by atoms with E-state index in [0.717, 1.165) is 11.4 Å². The van der Waals surface area contributed by atoms with Crippen molar-refractivity contribution < 1.29 is 9.90 Å². The Morgan fingerprint density at radius 3 is 2.65 bits per heavy atom. The molecule has 2 rings (SSSR count). The predicted octanol–water partition coefficient (Wildman–Crippen LogP) is 3.53. The van der Waals surface area contributed by atoms with E-state index in [-0.39, 0.29) is 12.5 Å². The Bertz CT molecular complexity index is 592. The Morgan fingerprint density at radius 1 is 1.25 bits per heavy atom. The fourth-order valence-electron chi connectivity index (χ4n) is 2.20. The summed E-state index contributed by atoms with van der Waals surface area (Å²) in [5.74, 6) is -0.778. The summed E-state index contributed by atoms with van der Waals surface area (Å²) in [6.07, 6.45) is 0.109. The maximum atomic E-state index is 10.7. The summed E-state index contributed by atoms with van der Waals surface area (Å²) in [7, 11) is 0. The first kappa shape index (κ1) is 14.8. The summed E-state index contributed by atoms with van der Waals surface area (Å²) in [4.78, 5) is 12.7. The number of aliphatic carboxylic acids is 1. The van der Waals surface area contributed by atoms with Crippen molar-refractivity contribution in [3.05, 3.63) is 57.3 Å². The number of rotatable bonds is 6. The van der Waals surface area contributed by atoms with Gasteiger partial charge in [-0.25, -0.2) is 0 Å². The molecule has 0 bridgehead atoms. The van der Waals surface area contributed by atoms with Gasteiger partial charge in [-0.3, -0.25) is 4.79 Å². The first-order valence-corrected chi connectivity index (χ1v) is 7.46. The zero-order chi connectivity index (χ0) is 14.5. The fraction of sp³-hybridized carbons (Fsp3) is 0.312. The van der Waals surface area contributed by atoms with E-state index in [2.05, 4.69) is 37.4 Å². The summed E-state index contributed by atoms with van der Waals surface area (Å²) < 4.78 is 0. The molecule has 0 radical (unpaired) electrons. The van der Waals surface area contributed by atoms with Gasteiger partial charge < -0.3 is 10.4 Å². The van der Waals surface area contributed by atoms with Crippen LogP contribution in [-0.2, 0) is 17.8 Å². The van der Waals surface area contributed by atoms with E-state index in [0.29, 0.717) is 0 Å². The van der Waals surface area contributed by atoms with Gasteiger partial charge in [0.15, 0.2) is 0 Å². The van der Waals surface area contributed by atoms with Crippen molar-refractivity contribution >= 4 is 17.3 Å². The molecular weight excluding hydrogens is 270 g/mol. The lowest BCUT2D eigenvalue weighted by atomic mass is 10.0. The number of carbonyl (C=O) groups is 1. The van der Waals surface area contributed by atoms with E-state index in [4.69, 9.17) is 5.11 Å². The smallest absolute Gasteiger partial charge is 0.308 e. The average molecular weight is 289 g/mol. The number of carboxylic acid groups (broad SMARTS) is 1. The monoisotopic (exact) mass is 289 g/mol. The molecule has 0 aliphatic rings. The largest absolute Gasteiger partial charge is 0.481 e. The second kappa shape index (κ2) is 6.68. The summed E-state index contributed by atoms with van der Waals surface area (Å²) in [5, 5.41) is 12.3. The van der Waals surface area contributed by atoms with Crippen molar-refractivity contribution in [1.82, 2.24) is 5.32 Å². The van der Waals surface area contributed by atoms with Crippen LogP contribution in [0.5, 0.6) is 0 Å². The standard InChI is InChI=1S/C16H19NO2S/c1-11-5-3-4-6-15(11)12(2)17-10-14-8-7-13(20-14)9-16(18)19/h3-8,12,17H,9-10H2,1-2H3,(H,18,19). The number of nitrogens with one attached hydrogen (secondary N) is 1. The van der Waals surface area contributed by atoms with Gasteiger partial charge in [-0.15, -0.1) is 11.3 Å². The molecule has 0 amide bonds. The molecule has 1 heterocycles. The lowest BCUT2D eigenvalue weighted by molar-refractivity contribution is -0.136. The molecule has 1 atom stereocenters. The van der Waals surface area contributed by atoms with E-state index in [1.54, 1.807) is 11.3 Å². The Morgan fingerprint density at radius 2 is 1.95 bits per heavy atom. The van der Waals surface area contributed by atoms with Crippen molar-refractivity contribution in [2.45, 2.75) is 32.9 Å². The normalized spacial score (nSPS) is 12.3. The average Bonchev–Trinajstić information content (AvgIpc) is 2.83. The molecule has 2 N–H and O–H groups in total. The molecule has 1 aromatic carbocycles. The fourth-order valence-corrected chi connectivity index (χ4v) is 3.16. The number of hydrogen-bond acceptors (Lipinski definition) is 3. The number of hydrogen-bond donors (Lipinski definition) is 2. The molecule has 106 valence electrons. The third kappa shape index (κ3) is 3.92. The molecule has 2 aromatic rings. The minimum Gasteiger partial charge on any atom is -0.481 e. The van der Waals surface area contributed by atoms with Crippen molar-refractivity contribution in [3.8, 4) is 0 Å². The van der Waals surface area contributed by atoms with Gasteiger partial charge in [-0.05, 0) is 37.1 Å². The van der Waals surface area contributed by atoms with E-state index in [1.165, 1.54) is 16.0 Å². The molecule has 0 aliphatic heterocycles. The topological polar surface area (TPSA) is 49.3 Å². The van der Waals surface area contributed by atoms with Gasteiger partial charge in [0.1, 0.15) is 0 Å². The van der Waals surface area contributed by atoms with Crippen LogP contribution >= 0.6 is 11.3 Å². The Balaban J connectivity index is 1.93. The maximum Gasteiger partial charge on any atom is 0.308 e. The molecule has 0 saturated carbocycles. The highest BCUT2D eigenvalue weighted by atomic mass is 32.1. The zero-order valence-corrected chi connectivity index (χ0v) is 12.5. The van der Waals surface area contributed by atoms with E-state index in [9.17, 15) is 4.79 Å². The van der Waals surface area contributed by atoms with E-state index < -0.39 is 5.97 Å². The van der Waals surface area contributed by atoms with Gasteiger partial charge in [0.05, 0.1) is 6.42 Å². The van der Waals surface area contributed by atoms with Gasteiger partial charge in [-0.1, -0.05) is 24.3 Å². The summed E-state index contributed by atoms with van der Waals surface area (Å²) in [6, 6.07) is 12.5. The number of thiophene rings is 1. The van der Waals surface area contributed by atoms with Crippen LogP contribution in [0.15, 0.2) is 36.4 Å². The molecule has 0 aliphatic carbocycles.